The average Bonchev–Trinajstić information content (AvgIpc) is 2.70. The van der Waals surface area contributed by atoms with Crippen LogP contribution in [0.15, 0.2) is 4.99 Å². The van der Waals surface area contributed by atoms with Gasteiger partial charge in [0, 0.05) is 45.2 Å². The molecule has 3 fully saturated rings. The van der Waals surface area contributed by atoms with E-state index < -0.39 is 0 Å². The highest BCUT2D eigenvalue weighted by Gasteiger charge is 2.39. The first kappa shape index (κ1) is 23.7. The fourth-order valence-electron chi connectivity index (χ4n) is 4.77. The van der Waals surface area contributed by atoms with Crippen LogP contribution in [-0.4, -0.2) is 98.6 Å². The maximum absolute atomic E-state index is 11.7. The van der Waals surface area contributed by atoms with E-state index in [-0.39, 0.29) is 41.5 Å². The molecule has 0 bridgehead atoms. The molecule has 28 heavy (non-hydrogen) atoms. The van der Waals surface area contributed by atoms with Crippen molar-refractivity contribution in [2.45, 2.75) is 56.5 Å². The van der Waals surface area contributed by atoms with Gasteiger partial charge in [0.05, 0.1) is 0 Å². The summed E-state index contributed by atoms with van der Waals surface area (Å²) in [5, 5.41) is 7.18. The van der Waals surface area contributed by atoms with Gasteiger partial charge in [-0.1, -0.05) is 6.42 Å². The molecule has 1 unspecified atom stereocenters. The third-order valence-electron chi connectivity index (χ3n) is 6.72. The zero-order valence-electron chi connectivity index (χ0n) is 17.9. The van der Waals surface area contributed by atoms with Crippen molar-refractivity contribution in [1.29, 1.82) is 0 Å². The summed E-state index contributed by atoms with van der Waals surface area (Å²) in [6.07, 6.45) is 7.96. The Balaban J connectivity index is 0.00000280. The Kier molecular flexibility index (Phi) is 9.27. The molecule has 0 aromatic heterocycles. The largest absolute Gasteiger partial charge is 0.355 e. The van der Waals surface area contributed by atoms with Gasteiger partial charge in [0.15, 0.2) is 5.96 Å². The molecule has 3 aliphatic rings. The second kappa shape index (κ2) is 11.0. The lowest BCUT2D eigenvalue weighted by Gasteiger charge is -2.50. The molecular formula is C20H39IN6O. The van der Waals surface area contributed by atoms with E-state index in [1.54, 1.807) is 0 Å². The summed E-state index contributed by atoms with van der Waals surface area (Å²) in [4.78, 5) is 23.2. The summed E-state index contributed by atoms with van der Waals surface area (Å²) in [6.45, 7) is 6.49. The smallest absolute Gasteiger partial charge is 0.222 e. The van der Waals surface area contributed by atoms with E-state index >= 15 is 0 Å². The molecule has 0 spiro atoms. The molecule has 3 rings (SSSR count). The molecule has 0 aliphatic carbocycles. The molecular weight excluding hydrogens is 467 g/mol. The Morgan fingerprint density at radius 2 is 1.82 bits per heavy atom. The van der Waals surface area contributed by atoms with Gasteiger partial charge in [-0.15, -0.1) is 24.0 Å². The SMILES string of the molecule is CN=C(NCC1(N2CCCCC2)CCN(C)CC1)NC1CCC(=O)N(C)C1.I. The van der Waals surface area contributed by atoms with Crippen LogP contribution in [0.25, 0.3) is 0 Å². The van der Waals surface area contributed by atoms with E-state index in [0.29, 0.717) is 6.42 Å². The minimum Gasteiger partial charge on any atom is -0.355 e. The molecule has 1 amide bonds. The number of guanidine groups is 1. The average molecular weight is 506 g/mol. The lowest BCUT2D eigenvalue weighted by molar-refractivity contribution is -0.132. The van der Waals surface area contributed by atoms with Gasteiger partial charge < -0.3 is 20.4 Å². The molecule has 0 saturated carbocycles. The molecule has 3 heterocycles. The van der Waals surface area contributed by atoms with Crippen molar-refractivity contribution in [3.05, 3.63) is 0 Å². The van der Waals surface area contributed by atoms with Gasteiger partial charge >= 0.3 is 0 Å². The van der Waals surface area contributed by atoms with Crippen molar-refractivity contribution < 1.29 is 4.79 Å². The van der Waals surface area contributed by atoms with Gasteiger partial charge in [0.1, 0.15) is 0 Å². The summed E-state index contributed by atoms with van der Waals surface area (Å²) in [6, 6.07) is 0.280. The van der Waals surface area contributed by atoms with Crippen LogP contribution in [0.5, 0.6) is 0 Å². The van der Waals surface area contributed by atoms with Crippen LogP contribution < -0.4 is 10.6 Å². The number of aliphatic imine (C=N–C) groups is 1. The lowest BCUT2D eigenvalue weighted by Crippen LogP contribution is -2.62. The van der Waals surface area contributed by atoms with Crippen molar-refractivity contribution in [3.8, 4) is 0 Å². The number of amides is 1. The van der Waals surface area contributed by atoms with Crippen LogP contribution >= 0.6 is 24.0 Å². The van der Waals surface area contributed by atoms with Gasteiger partial charge in [-0.2, -0.15) is 0 Å². The second-order valence-corrected chi connectivity index (χ2v) is 8.66. The normalized spacial score (nSPS) is 27.2. The number of likely N-dealkylation sites (tertiary alicyclic amines) is 3. The van der Waals surface area contributed by atoms with Crippen molar-refractivity contribution in [1.82, 2.24) is 25.3 Å². The number of rotatable bonds is 4. The summed E-state index contributed by atoms with van der Waals surface area (Å²) in [7, 11) is 5.96. The molecule has 0 aromatic rings. The van der Waals surface area contributed by atoms with E-state index in [1.807, 2.05) is 19.0 Å². The number of piperidine rings is 3. The standard InChI is InChI=1S/C20H38N6O.HI/c1-21-19(23-17-7-8-18(27)25(3)15-17)22-16-20(9-13-24(2)14-10-20)26-11-5-4-6-12-26;/h17H,4-16H2,1-3H3,(H2,21,22,23);1H. The zero-order chi connectivity index (χ0) is 19.3. The maximum atomic E-state index is 11.7. The molecule has 8 heteroatoms. The van der Waals surface area contributed by atoms with Crippen molar-refractivity contribution in [2.75, 3.05) is 60.4 Å². The van der Waals surface area contributed by atoms with E-state index in [4.69, 9.17) is 0 Å². The van der Waals surface area contributed by atoms with E-state index in [2.05, 4.69) is 32.5 Å². The Hall–Kier alpha value is -0.610. The third kappa shape index (κ3) is 5.95. The van der Waals surface area contributed by atoms with Gasteiger partial charge in [-0.3, -0.25) is 14.7 Å². The first-order chi connectivity index (χ1) is 13.0. The molecule has 2 N–H and O–H groups in total. The zero-order valence-corrected chi connectivity index (χ0v) is 20.2. The number of hydrogen-bond acceptors (Lipinski definition) is 4. The van der Waals surface area contributed by atoms with Crippen LogP contribution in [0.1, 0.15) is 44.9 Å². The number of carbonyl (C=O) groups is 1. The van der Waals surface area contributed by atoms with Crippen LogP contribution in [-0.2, 0) is 4.79 Å². The number of likely N-dealkylation sites (N-methyl/N-ethyl adjacent to an activating group) is 1. The van der Waals surface area contributed by atoms with Gasteiger partial charge in [0.25, 0.3) is 0 Å². The van der Waals surface area contributed by atoms with E-state index in [9.17, 15) is 4.79 Å². The summed E-state index contributed by atoms with van der Waals surface area (Å²) in [5.41, 5.74) is 0.240. The van der Waals surface area contributed by atoms with Crippen molar-refractivity contribution in [3.63, 3.8) is 0 Å². The van der Waals surface area contributed by atoms with Crippen LogP contribution in [0.4, 0.5) is 0 Å². The molecule has 0 aromatic carbocycles. The summed E-state index contributed by atoms with van der Waals surface area (Å²) in [5.74, 6) is 1.12. The number of hydrogen-bond donors (Lipinski definition) is 2. The highest BCUT2D eigenvalue weighted by Crippen LogP contribution is 2.30. The molecule has 3 saturated heterocycles. The van der Waals surface area contributed by atoms with Gasteiger partial charge in [0.2, 0.25) is 5.91 Å². The summed E-state index contributed by atoms with van der Waals surface area (Å²) >= 11 is 0. The molecule has 1 atom stereocenters. The molecule has 7 nitrogen and oxygen atoms in total. The Morgan fingerprint density at radius 3 is 2.43 bits per heavy atom. The monoisotopic (exact) mass is 506 g/mol. The van der Waals surface area contributed by atoms with Crippen LogP contribution in [0, 0.1) is 0 Å². The molecule has 3 aliphatic heterocycles. The lowest BCUT2D eigenvalue weighted by atomic mass is 9.84. The number of nitrogens with one attached hydrogen (secondary N) is 2. The van der Waals surface area contributed by atoms with Crippen molar-refractivity contribution >= 4 is 35.8 Å². The second-order valence-electron chi connectivity index (χ2n) is 8.66. The highest BCUT2D eigenvalue weighted by molar-refractivity contribution is 14.0. The minimum atomic E-state index is 0. The quantitative estimate of drug-likeness (QED) is 0.343. The molecule has 162 valence electrons. The summed E-state index contributed by atoms with van der Waals surface area (Å²) < 4.78 is 0. The number of nitrogens with zero attached hydrogens (tertiary/aromatic N) is 4. The van der Waals surface area contributed by atoms with Crippen LogP contribution in [0.2, 0.25) is 0 Å². The highest BCUT2D eigenvalue weighted by atomic mass is 127. The molecule has 0 radical (unpaired) electrons. The fourth-order valence-corrected chi connectivity index (χ4v) is 4.77. The predicted molar refractivity (Wildman–Crippen MR) is 125 cm³/mol. The van der Waals surface area contributed by atoms with Gasteiger partial charge in [-0.05, 0) is 65.3 Å². The van der Waals surface area contributed by atoms with E-state index in [1.165, 1.54) is 58.3 Å². The van der Waals surface area contributed by atoms with Crippen molar-refractivity contribution in [2.24, 2.45) is 4.99 Å². The van der Waals surface area contributed by atoms with Crippen LogP contribution in [0.3, 0.4) is 0 Å². The minimum absolute atomic E-state index is 0. The fraction of sp³-hybridized carbons (Fsp3) is 0.900. The predicted octanol–water partition coefficient (Wildman–Crippen LogP) is 1.34. The Morgan fingerprint density at radius 1 is 1.14 bits per heavy atom. The topological polar surface area (TPSA) is 63.2 Å². The number of carbonyl (C=O) groups excluding carboxylic acids is 1. The van der Waals surface area contributed by atoms with Gasteiger partial charge in [-0.25, -0.2) is 0 Å². The van der Waals surface area contributed by atoms with E-state index in [0.717, 1.165) is 25.5 Å². The third-order valence-corrected chi connectivity index (χ3v) is 6.72. The maximum Gasteiger partial charge on any atom is 0.222 e. The Labute approximate surface area is 187 Å². The number of halogens is 1. The first-order valence-electron chi connectivity index (χ1n) is 10.7. The first-order valence-corrected chi connectivity index (χ1v) is 10.7. The Bertz CT molecular complexity index is 529.